The summed E-state index contributed by atoms with van der Waals surface area (Å²) in [5.41, 5.74) is 4.92. The molecule has 0 heterocycles. The van der Waals surface area contributed by atoms with Crippen molar-refractivity contribution >= 4 is 23.2 Å². The van der Waals surface area contributed by atoms with Gasteiger partial charge in [-0.05, 0) is 48.9 Å². The number of amides is 2. The van der Waals surface area contributed by atoms with Crippen LogP contribution < -0.4 is 15.5 Å². The number of rotatable bonds is 8. The van der Waals surface area contributed by atoms with Crippen LogP contribution in [0.3, 0.4) is 0 Å². The van der Waals surface area contributed by atoms with E-state index < -0.39 is 0 Å². The van der Waals surface area contributed by atoms with Crippen LogP contribution in [-0.4, -0.2) is 32.0 Å². The Morgan fingerprint density at radius 3 is 2.11 bits per heavy atom. The van der Waals surface area contributed by atoms with E-state index in [1.807, 2.05) is 57.3 Å². The van der Waals surface area contributed by atoms with E-state index in [9.17, 15) is 9.59 Å². The van der Waals surface area contributed by atoms with Crippen molar-refractivity contribution in [2.24, 2.45) is 0 Å². The van der Waals surface area contributed by atoms with E-state index >= 15 is 0 Å². The monoisotopic (exact) mass is 382 g/mol. The highest BCUT2D eigenvalue weighted by Crippen LogP contribution is 2.26. The normalized spacial score (nSPS) is 12.9. The second kappa shape index (κ2) is 10.0. The fourth-order valence-electron chi connectivity index (χ4n) is 3.26. The Balaban J connectivity index is 1.92. The number of carbonyl (C=O) groups is 2. The highest BCUT2D eigenvalue weighted by atomic mass is 16.2. The van der Waals surface area contributed by atoms with Crippen LogP contribution in [0.15, 0.2) is 42.5 Å². The van der Waals surface area contributed by atoms with E-state index in [1.165, 1.54) is 0 Å². The first-order chi connectivity index (χ1) is 13.3. The Labute approximate surface area is 168 Å². The predicted molar refractivity (Wildman–Crippen MR) is 115 cm³/mol. The number of aryl methyl sites for hydroxylation is 2. The largest absolute Gasteiger partial charge is 0.322 e. The fourth-order valence-corrected chi connectivity index (χ4v) is 3.26. The topological polar surface area (TPSA) is 62.6 Å². The molecule has 5 nitrogen and oxygen atoms in total. The lowest BCUT2D eigenvalue weighted by Crippen LogP contribution is -3.11. The minimum absolute atomic E-state index is 0.0897. The van der Waals surface area contributed by atoms with Crippen molar-refractivity contribution in [3.63, 3.8) is 0 Å². The van der Waals surface area contributed by atoms with Gasteiger partial charge in [0.2, 0.25) is 0 Å². The molecule has 150 valence electrons. The Hall–Kier alpha value is -2.66. The summed E-state index contributed by atoms with van der Waals surface area (Å²) in [6, 6.07) is 13.8. The molecule has 0 bridgehead atoms. The number of likely N-dealkylation sites (N-methyl/N-ethyl adjacent to an activating group) is 1. The van der Waals surface area contributed by atoms with Gasteiger partial charge in [0.05, 0.1) is 7.05 Å². The summed E-state index contributed by atoms with van der Waals surface area (Å²) in [5, 5.41) is 5.98. The van der Waals surface area contributed by atoms with Gasteiger partial charge in [-0.3, -0.25) is 9.59 Å². The second-order valence-corrected chi connectivity index (χ2v) is 7.57. The molecule has 2 rings (SSSR count). The average molecular weight is 383 g/mol. The van der Waals surface area contributed by atoms with Crippen LogP contribution >= 0.6 is 0 Å². The quantitative estimate of drug-likeness (QED) is 0.657. The van der Waals surface area contributed by atoms with Gasteiger partial charge in [0.25, 0.3) is 11.8 Å². The Morgan fingerprint density at radius 2 is 1.50 bits per heavy atom. The molecule has 2 aromatic rings. The van der Waals surface area contributed by atoms with Gasteiger partial charge in [0.15, 0.2) is 13.1 Å². The highest BCUT2D eigenvalue weighted by Gasteiger charge is 2.17. The smallest absolute Gasteiger partial charge is 0.279 e. The standard InChI is InChI=1S/C23H31N3O2/c1-6-16(2)19-12-7-8-13-20(19)24-21(27)14-26(5)15-22(28)25-23-17(3)10-9-11-18(23)4/h7-13,16H,6,14-15H2,1-5H3,(H,24,27)(H,25,28)/p+1/t16-/m1/s1. The van der Waals surface area contributed by atoms with Crippen molar-refractivity contribution in [1.29, 1.82) is 0 Å². The van der Waals surface area contributed by atoms with Crippen LogP contribution in [0.5, 0.6) is 0 Å². The zero-order chi connectivity index (χ0) is 20.7. The summed E-state index contributed by atoms with van der Waals surface area (Å²) in [7, 11) is 1.85. The first-order valence-corrected chi connectivity index (χ1v) is 9.88. The molecule has 5 heteroatoms. The molecule has 0 radical (unpaired) electrons. The van der Waals surface area contributed by atoms with E-state index in [2.05, 4.69) is 30.5 Å². The van der Waals surface area contributed by atoms with Crippen molar-refractivity contribution in [2.75, 3.05) is 30.8 Å². The van der Waals surface area contributed by atoms with Crippen molar-refractivity contribution in [2.45, 2.75) is 40.0 Å². The van der Waals surface area contributed by atoms with Crippen LogP contribution in [0, 0.1) is 13.8 Å². The molecular weight excluding hydrogens is 350 g/mol. The minimum atomic E-state index is -0.0947. The molecule has 0 aliphatic carbocycles. The summed E-state index contributed by atoms with van der Waals surface area (Å²) in [4.78, 5) is 25.7. The molecule has 0 aromatic heterocycles. The van der Waals surface area contributed by atoms with Gasteiger partial charge >= 0.3 is 0 Å². The Morgan fingerprint density at radius 1 is 0.929 bits per heavy atom. The third-order valence-electron chi connectivity index (χ3n) is 5.05. The van der Waals surface area contributed by atoms with Crippen LogP contribution in [0.1, 0.15) is 42.9 Å². The number of carbonyl (C=O) groups excluding carboxylic acids is 2. The number of hydrogen-bond donors (Lipinski definition) is 3. The summed E-state index contributed by atoms with van der Waals surface area (Å²) in [6.07, 6.45) is 1.01. The van der Waals surface area contributed by atoms with Crippen LogP contribution in [-0.2, 0) is 9.59 Å². The molecule has 0 spiro atoms. The van der Waals surface area contributed by atoms with Gasteiger partial charge in [-0.25, -0.2) is 0 Å². The maximum Gasteiger partial charge on any atom is 0.279 e. The molecule has 1 unspecified atom stereocenters. The number of quaternary nitrogens is 1. The van der Waals surface area contributed by atoms with Gasteiger partial charge < -0.3 is 15.5 Å². The molecule has 0 fully saturated rings. The number of hydrogen-bond acceptors (Lipinski definition) is 2. The van der Waals surface area contributed by atoms with Crippen LogP contribution in [0.4, 0.5) is 11.4 Å². The molecule has 0 aliphatic heterocycles. The molecule has 2 amide bonds. The van der Waals surface area contributed by atoms with Crippen LogP contribution in [0.2, 0.25) is 0 Å². The molecule has 0 saturated carbocycles. The number of para-hydroxylation sites is 2. The van der Waals surface area contributed by atoms with Crippen LogP contribution in [0.25, 0.3) is 0 Å². The Bertz CT molecular complexity index is 812. The fraction of sp³-hybridized carbons (Fsp3) is 0.391. The molecule has 2 atom stereocenters. The Kier molecular flexibility index (Phi) is 7.76. The van der Waals surface area contributed by atoms with Gasteiger partial charge in [-0.2, -0.15) is 0 Å². The van der Waals surface area contributed by atoms with E-state index in [1.54, 1.807) is 0 Å². The zero-order valence-electron chi connectivity index (χ0n) is 17.6. The molecule has 0 saturated heterocycles. The first-order valence-electron chi connectivity index (χ1n) is 9.88. The molecule has 28 heavy (non-hydrogen) atoms. The van der Waals surface area contributed by atoms with Gasteiger partial charge in [0.1, 0.15) is 0 Å². The van der Waals surface area contributed by atoms with E-state index in [0.29, 0.717) is 5.92 Å². The summed E-state index contributed by atoms with van der Waals surface area (Å²) >= 11 is 0. The van der Waals surface area contributed by atoms with Gasteiger partial charge in [0, 0.05) is 11.4 Å². The summed E-state index contributed by atoms with van der Waals surface area (Å²) in [5.74, 6) is 0.195. The van der Waals surface area contributed by atoms with E-state index in [0.717, 1.165) is 39.4 Å². The maximum atomic E-state index is 12.5. The lowest BCUT2D eigenvalue weighted by atomic mass is 9.97. The summed E-state index contributed by atoms with van der Waals surface area (Å²) in [6.45, 7) is 8.70. The number of anilines is 2. The summed E-state index contributed by atoms with van der Waals surface area (Å²) < 4.78 is 0. The number of benzene rings is 2. The minimum Gasteiger partial charge on any atom is -0.322 e. The molecule has 0 aliphatic rings. The molecule has 2 aromatic carbocycles. The van der Waals surface area contributed by atoms with Crippen molar-refractivity contribution in [3.05, 3.63) is 59.2 Å². The molecule has 3 N–H and O–H groups in total. The van der Waals surface area contributed by atoms with Gasteiger partial charge in [-0.1, -0.05) is 50.2 Å². The third kappa shape index (κ3) is 5.92. The maximum absolute atomic E-state index is 12.5. The SMILES string of the molecule is CC[C@@H](C)c1ccccc1NC(=O)C[NH+](C)CC(=O)Nc1c(C)cccc1C. The zero-order valence-corrected chi connectivity index (χ0v) is 17.6. The molecular formula is C23H32N3O2+. The van der Waals surface area contributed by atoms with Crippen molar-refractivity contribution in [1.82, 2.24) is 0 Å². The second-order valence-electron chi connectivity index (χ2n) is 7.57. The predicted octanol–water partition coefficient (Wildman–Crippen LogP) is 2.91. The lowest BCUT2D eigenvalue weighted by molar-refractivity contribution is -0.862. The van der Waals surface area contributed by atoms with Crippen molar-refractivity contribution < 1.29 is 14.5 Å². The number of nitrogens with one attached hydrogen (secondary N) is 3. The van der Waals surface area contributed by atoms with Gasteiger partial charge in [-0.15, -0.1) is 0 Å². The average Bonchev–Trinajstić information content (AvgIpc) is 2.64. The van der Waals surface area contributed by atoms with Crippen molar-refractivity contribution in [3.8, 4) is 0 Å². The third-order valence-corrected chi connectivity index (χ3v) is 5.05. The van der Waals surface area contributed by atoms with E-state index in [-0.39, 0.29) is 24.9 Å². The lowest BCUT2D eigenvalue weighted by Gasteiger charge is -2.18. The highest BCUT2D eigenvalue weighted by molar-refractivity contribution is 5.94. The first kappa shape index (κ1) is 21.6. The van der Waals surface area contributed by atoms with E-state index in [4.69, 9.17) is 0 Å².